The normalized spacial score (nSPS) is 10.4. The molecule has 2 heterocycles. The topological polar surface area (TPSA) is 38.5 Å². The Morgan fingerprint density at radius 3 is 2.86 bits per heavy atom. The molecule has 0 spiro atoms. The largest absolute Gasteiger partial charge is 0.298 e. The molecule has 0 fully saturated rings. The summed E-state index contributed by atoms with van der Waals surface area (Å²) in [6.45, 7) is 0. The van der Waals surface area contributed by atoms with Crippen molar-refractivity contribution in [3.8, 4) is 0 Å². The molecule has 0 saturated carbocycles. The maximum absolute atomic E-state index is 11.6. The average molecular weight is 252 g/mol. The van der Waals surface area contributed by atoms with Crippen molar-refractivity contribution < 1.29 is 4.79 Å². The molecule has 0 aliphatic carbocycles. The van der Waals surface area contributed by atoms with Crippen molar-refractivity contribution in [2.45, 2.75) is 0 Å². The zero-order valence-electron chi connectivity index (χ0n) is 7.11. The minimum Gasteiger partial charge on any atom is -0.298 e. The minimum atomic E-state index is -0.161. The molecule has 70 valence electrons. The number of hydrogen-bond acceptors (Lipinski definition) is 2. The second-order valence-corrected chi connectivity index (χ2v) is 3.68. The molecule has 0 radical (unpaired) electrons. The molecule has 0 unspecified atom stereocenters. The summed E-state index contributed by atoms with van der Waals surface area (Å²) in [7, 11) is 0. The van der Waals surface area contributed by atoms with E-state index in [1.807, 2.05) is 0 Å². The first-order valence-electron chi connectivity index (χ1n) is 3.99. The van der Waals surface area contributed by atoms with E-state index < -0.39 is 0 Å². The van der Waals surface area contributed by atoms with Crippen LogP contribution >= 0.6 is 15.9 Å². The number of aromatic nitrogens is 1. The molecule has 0 bridgehead atoms. The third-order valence-corrected chi connectivity index (χ3v) is 2.56. The van der Waals surface area contributed by atoms with Gasteiger partial charge in [0.05, 0.1) is 9.99 Å². The molecule has 0 amide bonds. The molecule has 0 N–H and O–H groups in total. The lowest BCUT2D eigenvalue weighted by Crippen LogP contribution is -2.14. The van der Waals surface area contributed by atoms with Crippen LogP contribution in [0.4, 0.5) is 0 Å². The first-order valence-corrected chi connectivity index (χ1v) is 4.78. The Balaban J connectivity index is 3.04. The van der Waals surface area contributed by atoms with E-state index in [-0.39, 0.29) is 5.56 Å². The Hall–Kier alpha value is -1.42. The average Bonchev–Trinajstić information content (AvgIpc) is 2.23. The summed E-state index contributed by atoms with van der Waals surface area (Å²) in [5, 5.41) is 0. The molecule has 2 rings (SSSR count). The minimum absolute atomic E-state index is 0.161. The van der Waals surface area contributed by atoms with Crippen LogP contribution in [-0.2, 0) is 0 Å². The summed E-state index contributed by atoms with van der Waals surface area (Å²) in [6.07, 6.45) is 2.37. The lowest BCUT2D eigenvalue weighted by molar-refractivity contribution is 0.112. The number of carbonyl (C=O) groups excluding carboxylic acids is 1. The van der Waals surface area contributed by atoms with Gasteiger partial charge in [-0.2, -0.15) is 0 Å². The van der Waals surface area contributed by atoms with Gasteiger partial charge in [-0.1, -0.05) is 6.07 Å². The fourth-order valence-corrected chi connectivity index (χ4v) is 1.77. The zero-order chi connectivity index (χ0) is 10.1. The van der Waals surface area contributed by atoms with Crippen LogP contribution in [0.5, 0.6) is 0 Å². The number of fused-ring (bicyclic) bond motifs is 1. The van der Waals surface area contributed by atoms with Crippen LogP contribution < -0.4 is 5.56 Å². The predicted octanol–water partition coefficient (Wildman–Crippen LogP) is 1.87. The highest BCUT2D eigenvalue weighted by Crippen LogP contribution is 2.11. The van der Waals surface area contributed by atoms with Gasteiger partial charge in [-0.05, 0) is 34.1 Å². The monoisotopic (exact) mass is 251 g/mol. The number of aldehydes is 1. The van der Waals surface area contributed by atoms with E-state index in [4.69, 9.17) is 0 Å². The SMILES string of the molecule is O=Cc1cc(Br)c(=O)n2ccccc12. The Bertz CT molecular complexity index is 560. The summed E-state index contributed by atoms with van der Waals surface area (Å²) >= 11 is 3.12. The van der Waals surface area contributed by atoms with E-state index in [1.165, 1.54) is 10.5 Å². The number of halogens is 1. The lowest BCUT2D eigenvalue weighted by atomic mass is 10.2. The summed E-state index contributed by atoms with van der Waals surface area (Å²) in [5.74, 6) is 0. The number of nitrogens with zero attached hydrogens (tertiary/aromatic N) is 1. The van der Waals surface area contributed by atoms with Crippen molar-refractivity contribution in [3.05, 3.63) is 50.9 Å². The van der Waals surface area contributed by atoms with Gasteiger partial charge >= 0.3 is 0 Å². The van der Waals surface area contributed by atoms with Gasteiger partial charge in [-0.25, -0.2) is 0 Å². The number of pyridine rings is 2. The molecular formula is C10H6BrNO2. The summed E-state index contributed by atoms with van der Waals surface area (Å²) < 4.78 is 1.83. The van der Waals surface area contributed by atoms with Crippen molar-refractivity contribution in [1.82, 2.24) is 4.40 Å². The van der Waals surface area contributed by atoms with E-state index >= 15 is 0 Å². The number of hydrogen-bond donors (Lipinski definition) is 0. The first kappa shape index (κ1) is 9.15. The molecular weight excluding hydrogens is 246 g/mol. The van der Waals surface area contributed by atoms with Gasteiger partial charge in [0.15, 0.2) is 6.29 Å². The summed E-state index contributed by atoms with van der Waals surface area (Å²) in [5.41, 5.74) is 0.957. The highest BCUT2D eigenvalue weighted by molar-refractivity contribution is 9.10. The van der Waals surface area contributed by atoms with Gasteiger partial charge in [-0.15, -0.1) is 0 Å². The standard InChI is InChI=1S/C10H6BrNO2/c11-8-5-7(6-13)9-3-1-2-4-12(9)10(8)14/h1-6H. The van der Waals surface area contributed by atoms with Crippen molar-refractivity contribution in [2.75, 3.05) is 0 Å². The molecule has 0 aliphatic heterocycles. The van der Waals surface area contributed by atoms with Crippen molar-refractivity contribution >= 4 is 27.7 Å². The maximum Gasteiger partial charge on any atom is 0.269 e. The van der Waals surface area contributed by atoms with Crippen molar-refractivity contribution in [1.29, 1.82) is 0 Å². The van der Waals surface area contributed by atoms with Crippen LogP contribution in [0.1, 0.15) is 10.4 Å². The maximum atomic E-state index is 11.6. The third-order valence-electron chi connectivity index (χ3n) is 1.99. The van der Waals surface area contributed by atoms with Gasteiger partial charge in [0, 0.05) is 11.8 Å². The molecule has 0 atom stereocenters. The lowest BCUT2D eigenvalue weighted by Gasteiger charge is -2.02. The highest BCUT2D eigenvalue weighted by atomic mass is 79.9. The van der Waals surface area contributed by atoms with Crippen molar-refractivity contribution in [2.24, 2.45) is 0 Å². The van der Waals surface area contributed by atoms with Crippen LogP contribution in [0.15, 0.2) is 39.7 Å². The predicted molar refractivity (Wildman–Crippen MR) is 56.8 cm³/mol. The highest BCUT2D eigenvalue weighted by Gasteiger charge is 2.05. The Morgan fingerprint density at radius 1 is 1.36 bits per heavy atom. The molecule has 3 nitrogen and oxygen atoms in total. The Labute approximate surface area is 88.1 Å². The summed E-state index contributed by atoms with van der Waals surface area (Å²) in [4.78, 5) is 22.3. The molecule has 0 aromatic carbocycles. The first-order chi connectivity index (χ1) is 6.74. The molecule has 2 aromatic heterocycles. The van der Waals surface area contributed by atoms with E-state index in [0.717, 1.165) is 6.29 Å². The molecule has 0 saturated heterocycles. The van der Waals surface area contributed by atoms with E-state index in [0.29, 0.717) is 15.6 Å². The fraction of sp³-hybridized carbons (Fsp3) is 0. The second-order valence-electron chi connectivity index (χ2n) is 2.83. The van der Waals surface area contributed by atoms with E-state index in [9.17, 15) is 9.59 Å². The molecule has 2 aromatic rings. The molecule has 4 heteroatoms. The van der Waals surface area contributed by atoms with Crippen LogP contribution in [0.2, 0.25) is 0 Å². The quantitative estimate of drug-likeness (QED) is 0.727. The van der Waals surface area contributed by atoms with Crippen molar-refractivity contribution in [3.63, 3.8) is 0 Å². The fourth-order valence-electron chi connectivity index (χ4n) is 1.34. The second kappa shape index (κ2) is 3.38. The zero-order valence-corrected chi connectivity index (χ0v) is 8.69. The van der Waals surface area contributed by atoms with Crippen LogP contribution in [0.3, 0.4) is 0 Å². The van der Waals surface area contributed by atoms with Gasteiger partial charge in [0.2, 0.25) is 0 Å². The molecule has 0 aliphatic rings. The number of carbonyl (C=O) groups is 1. The van der Waals surface area contributed by atoms with Crippen LogP contribution in [-0.4, -0.2) is 10.7 Å². The van der Waals surface area contributed by atoms with Crippen LogP contribution in [0, 0.1) is 0 Å². The Morgan fingerprint density at radius 2 is 2.14 bits per heavy atom. The summed E-state index contributed by atoms with van der Waals surface area (Å²) in [6, 6.07) is 6.80. The smallest absolute Gasteiger partial charge is 0.269 e. The van der Waals surface area contributed by atoms with Gasteiger partial charge in [0.1, 0.15) is 0 Å². The Kier molecular flexibility index (Phi) is 2.21. The third kappa shape index (κ3) is 1.28. The number of rotatable bonds is 1. The van der Waals surface area contributed by atoms with Gasteiger partial charge < -0.3 is 0 Å². The van der Waals surface area contributed by atoms with E-state index in [1.54, 1.807) is 24.4 Å². The molecule has 14 heavy (non-hydrogen) atoms. The van der Waals surface area contributed by atoms with Crippen LogP contribution in [0.25, 0.3) is 5.52 Å². The van der Waals surface area contributed by atoms with Gasteiger partial charge in [-0.3, -0.25) is 14.0 Å². The van der Waals surface area contributed by atoms with E-state index in [2.05, 4.69) is 15.9 Å². The van der Waals surface area contributed by atoms with Gasteiger partial charge in [0.25, 0.3) is 5.56 Å².